The molecule has 5 heteroatoms. The van der Waals surface area contributed by atoms with Crippen molar-refractivity contribution in [2.75, 3.05) is 4.90 Å². The van der Waals surface area contributed by atoms with Crippen molar-refractivity contribution in [1.82, 2.24) is 4.98 Å². The molecule has 1 aliphatic carbocycles. The van der Waals surface area contributed by atoms with E-state index in [1.807, 2.05) is 6.07 Å². The monoisotopic (exact) mass is 289 g/mol. The van der Waals surface area contributed by atoms with Crippen molar-refractivity contribution in [2.45, 2.75) is 25.4 Å². The lowest BCUT2D eigenvalue weighted by atomic mass is 10.2. The van der Waals surface area contributed by atoms with Crippen molar-refractivity contribution < 1.29 is 0 Å². The fourth-order valence-electron chi connectivity index (χ4n) is 2.19. The summed E-state index contributed by atoms with van der Waals surface area (Å²) in [6.07, 6.45) is 4.21. The number of hydrogen-bond donors (Lipinski definition) is 1. The van der Waals surface area contributed by atoms with Gasteiger partial charge in [-0.1, -0.05) is 12.2 Å². The Bertz CT molecular complexity index is 576. The molecule has 1 saturated carbocycles. The number of nitrogens with two attached hydrogens (primary N) is 1. The van der Waals surface area contributed by atoms with Gasteiger partial charge >= 0.3 is 0 Å². The number of nitrogens with zero attached hydrogens (tertiary/aromatic N) is 2. The lowest BCUT2D eigenvalue weighted by Crippen LogP contribution is -2.28. The van der Waals surface area contributed by atoms with E-state index in [1.165, 1.54) is 18.4 Å². The number of thiocarbonyl (C=S) groups is 1. The van der Waals surface area contributed by atoms with Gasteiger partial charge in [0.05, 0.1) is 5.69 Å². The number of anilines is 1. The molecule has 0 aromatic carbocycles. The number of hydrogen-bond acceptors (Lipinski definition) is 4. The van der Waals surface area contributed by atoms with Gasteiger partial charge in [0.1, 0.15) is 10.7 Å². The molecule has 0 spiro atoms. The highest BCUT2D eigenvalue weighted by Crippen LogP contribution is 2.34. The van der Waals surface area contributed by atoms with Gasteiger partial charge in [-0.2, -0.15) is 11.3 Å². The van der Waals surface area contributed by atoms with E-state index in [4.69, 9.17) is 18.0 Å². The first-order valence-corrected chi connectivity index (χ1v) is 7.63. The Kier molecular flexibility index (Phi) is 3.48. The molecule has 0 bridgehead atoms. The number of rotatable bonds is 5. The average molecular weight is 289 g/mol. The van der Waals surface area contributed by atoms with Gasteiger partial charge in [-0.15, -0.1) is 0 Å². The van der Waals surface area contributed by atoms with Crippen LogP contribution in [0.5, 0.6) is 0 Å². The molecule has 2 aromatic rings. The summed E-state index contributed by atoms with van der Waals surface area (Å²) in [4.78, 5) is 7.08. The molecule has 0 amide bonds. The molecule has 98 valence electrons. The van der Waals surface area contributed by atoms with Crippen LogP contribution in [0, 0.1) is 0 Å². The Morgan fingerprint density at radius 3 is 2.95 bits per heavy atom. The SMILES string of the molecule is NC(=S)c1ncccc1N(Cc1ccsc1)C1CC1. The number of thiophene rings is 1. The maximum atomic E-state index is 5.79. The van der Waals surface area contributed by atoms with Crippen LogP contribution in [0.2, 0.25) is 0 Å². The number of pyridine rings is 1. The zero-order valence-electron chi connectivity index (χ0n) is 10.5. The van der Waals surface area contributed by atoms with Gasteiger partial charge in [0.25, 0.3) is 0 Å². The standard InChI is InChI=1S/C14H15N3S2/c15-14(18)13-12(2-1-6-16-13)17(11-3-4-11)8-10-5-7-19-9-10/h1-2,5-7,9,11H,3-4,8H2,(H2,15,18). The van der Waals surface area contributed by atoms with Crippen molar-refractivity contribution in [1.29, 1.82) is 0 Å². The molecule has 1 fully saturated rings. The lowest BCUT2D eigenvalue weighted by molar-refractivity contribution is 0.792. The van der Waals surface area contributed by atoms with Crippen LogP contribution in [0.25, 0.3) is 0 Å². The van der Waals surface area contributed by atoms with E-state index in [0.717, 1.165) is 17.9 Å². The van der Waals surface area contributed by atoms with Crippen LogP contribution in [0.15, 0.2) is 35.2 Å². The maximum Gasteiger partial charge on any atom is 0.124 e. The molecular weight excluding hydrogens is 274 g/mol. The van der Waals surface area contributed by atoms with Crippen molar-refractivity contribution in [3.8, 4) is 0 Å². The van der Waals surface area contributed by atoms with Gasteiger partial charge in [-0.05, 0) is 47.4 Å². The zero-order chi connectivity index (χ0) is 13.2. The van der Waals surface area contributed by atoms with Crippen molar-refractivity contribution in [3.05, 3.63) is 46.4 Å². The largest absolute Gasteiger partial charge is 0.388 e. The number of aromatic nitrogens is 1. The van der Waals surface area contributed by atoms with E-state index in [0.29, 0.717) is 11.0 Å². The zero-order valence-corrected chi connectivity index (χ0v) is 12.1. The molecule has 0 radical (unpaired) electrons. The average Bonchev–Trinajstić information content (AvgIpc) is 3.13. The van der Waals surface area contributed by atoms with Gasteiger partial charge in [0.15, 0.2) is 0 Å². The van der Waals surface area contributed by atoms with Crippen molar-refractivity contribution in [2.24, 2.45) is 5.73 Å². The molecule has 0 saturated heterocycles. The quantitative estimate of drug-likeness (QED) is 0.859. The first-order valence-electron chi connectivity index (χ1n) is 6.28. The first-order chi connectivity index (χ1) is 9.25. The van der Waals surface area contributed by atoms with Crippen LogP contribution in [0.4, 0.5) is 5.69 Å². The lowest BCUT2D eigenvalue weighted by Gasteiger charge is -2.26. The Morgan fingerprint density at radius 2 is 2.32 bits per heavy atom. The molecule has 0 atom stereocenters. The molecule has 0 aliphatic heterocycles. The van der Waals surface area contributed by atoms with Crippen LogP contribution in [0.3, 0.4) is 0 Å². The third-order valence-electron chi connectivity index (χ3n) is 3.25. The van der Waals surface area contributed by atoms with E-state index < -0.39 is 0 Å². The van der Waals surface area contributed by atoms with Crippen LogP contribution in [0.1, 0.15) is 24.1 Å². The van der Waals surface area contributed by atoms with Gasteiger partial charge in [0, 0.05) is 18.8 Å². The van der Waals surface area contributed by atoms with E-state index in [1.54, 1.807) is 17.5 Å². The van der Waals surface area contributed by atoms with Gasteiger partial charge in [-0.25, -0.2) is 0 Å². The van der Waals surface area contributed by atoms with Crippen molar-refractivity contribution >= 4 is 34.2 Å². The minimum absolute atomic E-state index is 0.367. The van der Waals surface area contributed by atoms with E-state index in [-0.39, 0.29) is 0 Å². The van der Waals surface area contributed by atoms with E-state index in [9.17, 15) is 0 Å². The molecule has 19 heavy (non-hydrogen) atoms. The minimum Gasteiger partial charge on any atom is -0.388 e. The summed E-state index contributed by atoms with van der Waals surface area (Å²) in [7, 11) is 0. The molecular formula is C14H15N3S2. The van der Waals surface area contributed by atoms with Gasteiger partial charge in [0.2, 0.25) is 0 Å². The van der Waals surface area contributed by atoms with Crippen LogP contribution in [-0.4, -0.2) is 16.0 Å². The maximum absolute atomic E-state index is 5.79. The Morgan fingerprint density at radius 1 is 1.47 bits per heavy atom. The molecule has 2 N–H and O–H groups in total. The predicted molar refractivity (Wildman–Crippen MR) is 83.6 cm³/mol. The fraction of sp³-hybridized carbons (Fsp3) is 0.286. The third kappa shape index (κ3) is 2.77. The second-order valence-electron chi connectivity index (χ2n) is 4.73. The normalized spacial score (nSPS) is 14.3. The molecule has 2 heterocycles. The summed E-state index contributed by atoms with van der Waals surface area (Å²) in [5.41, 5.74) is 8.91. The second-order valence-corrected chi connectivity index (χ2v) is 5.95. The summed E-state index contributed by atoms with van der Waals surface area (Å²) >= 11 is 6.84. The highest BCUT2D eigenvalue weighted by molar-refractivity contribution is 7.80. The smallest absolute Gasteiger partial charge is 0.124 e. The molecule has 1 aliphatic rings. The Hall–Kier alpha value is -1.46. The van der Waals surface area contributed by atoms with E-state index in [2.05, 4.69) is 32.8 Å². The van der Waals surface area contributed by atoms with Crippen LogP contribution in [-0.2, 0) is 6.54 Å². The van der Waals surface area contributed by atoms with Gasteiger partial charge < -0.3 is 10.6 Å². The molecule has 2 aromatic heterocycles. The summed E-state index contributed by atoms with van der Waals surface area (Å²) in [5.74, 6) is 0. The predicted octanol–water partition coefficient (Wildman–Crippen LogP) is 2.95. The molecule has 3 rings (SSSR count). The summed E-state index contributed by atoms with van der Waals surface area (Å²) in [6.45, 7) is 0.898. The van der Waals surface area contributed by atoms with E-state index >= 15 is 0 Å². The summed E-state index contributed by atoms with van der Waals surface area (Å²) in [6, 6.07) is 6.76. The topological polar surface area (TPSA) is 42.1 Å². The summed E-state index contributed by atoms with van der Waals surface area (Å²) < 4.78 is 0. The minimum atomic E-state index is 0.367. The summed E-state index contributed by atoms with van der Waals surface area (Å²) in [5, 5.41) is 4.30. The van der Waals surface area contributed by atoms with Crippen molar-refractivity contribution in [3.63, 3.8) is 0 Å². The fourth-order valence-corrected chi connectivity index (χ4v) is 3.01. The first kappa shape index (κ1) is 12.6. The molecule has 3 nitrogen and oxygen atoms in total. The van der Waals surface area contributed by atoms with Gasteiger partial charge in [-0.3, -0.25) is 4.98 Å². The Labute approximate surface area is 122 Å². The van der Waals surface area contributed by atoms with Crippen LogP contribution >= 0.6 is 23.6 Å². The molecule has 0 unspecified atom stereocenters. The Balaban J connectivity index is 1.94. The highest BCUT2D eigenvalue weighted by atomic mass is 32.1. The van der Waals surface area contributed by atoms with Crippen LogP contribution < -0.4 is 10.6 Å². The third-order valence-corrected chi connectivity index (χ3v) is 4.18. The highest BCUT2D eigenvalue weighted by Gasteiger charge is 2.31. The second kappa shape index (κ2) is 5.27.